The summed E-state index contributed by atoms with van der Waals surface area (Å²) in [5.74, 6) is 1.67. The third kappa shape index (κ3) is 3.98. The van der Waals surface area contributed by atoms with E-state index in [4.69, 9.17) is 0 Å². The second kappa shape index (κ2) is 7.68. The Labute approximate surface area is 166 Å². The lowest BCUT2D eigenvalue weighted by Crippen LogP contribution is -2.40. The van der Waals surface area contributed by atoms with Gasteiger partial charge in [0, 0.05) is 17.3 Å². The summed E-state index contributed by atoms with van der Waals surface area (Å²) in [7, 11) is -3.57. The minimum atomic E-state index is -3.57. The molecule has 2 aliphatic carbocycles. The van der Waals surface area contributed by atoms with Crippen LogP contribution >= 0.6 is 0 Å². The molecule has 4 atom stereocenters. The summed E-state index contributed by atoms with van der Waals surface area (Å²) in [5.41, 5.74) is 1.12. The SMILES string of the molecule is C[C@@H](NS(=O)(=O)c1ccc(NC(=O)c2ccccc2)cc1)[C@@H]1C[C@H]2CC[C@H]1C2. The van der Waals surface area contributed by atoms with Crippen LogP contribution in [0.5, 0.6) is 0 Å². The number of amides is 1. The van der Waals surface area contributed by atoms with Crippen molar-refractivity contribution in [2.24, 2.45) is 17.8 Å². The number of sulfonamides is 1. The van der Waals surface area contributed by atoms with Gasteiger partial charge in [0.15, 0.2) is 0 Å². The Kier molecular flexibility index (Phi) is 5.25. The van der Waals surface area contributed by atoms with Crippen LogP contribution in [0.15, 0.2) is 59.5 Å². The van der Waals surface area contributed by atoms with Crippen LogP contribution in [0, 0.1) is 17.8 Å². The third-order valence-electron chi connectivity index (χ3n) is 6.23. The molecule has 2 fully saturated rings. The Morgan fingerprint density at radius 3 is 2.32 bits per heavy atom. The Hall–Kier alpha value is -2.18. The smallest absolute Gasteiger partial charge is 0.255 e. The van der Waals surface area contributed by atoms with E-state index in [1.54, 1.807) is 36.4 Å². The highest BCUT2D eigenvalue weighted by Gasteiger charge is 2.42. The molecule has 0 aromatic heterocycles. The predicted octanol–water partition coefficient (Wildman–Crippen LogP) is 4.04. The molecule has 0 spiro atoms. The van der Waals surface area contributed by atoms with Gasteiger partial charge in [-0.15, -0.1) is 0 Å². The summed E-state index contributed by atoms with van der Waals surface area (Å²) in [5, 5.41) is 2.79. The number of hydrogen-bond acceptors (Lipinski definition) is 3. The molecule has 28 heavy (non-hydrogen) atoms. The van der Waals surface area contributed by atoms with Gasteiger partial charge in [-0.1, -0.05) is 24.6 Å². The minimum absolute atomic E-state index is 0.0576. The van der Waals surface area contributed by atoms with Crippen molar-refractivity contribution >= 4 is 21.6 Å². The molecule has 2 aromatic carbocycles. The number of carbonyl (C=O) groups excluding carboxylic acids is 1. The van der Waals surface area contributed by atoms with Crippen LogP contribution in [-0.4, -0.2) is 20.4 Å². The highest BCUT2D eigenvalue weighted by molar-refractivity contribution is 7.89. The Balaban J connectivity index is 1.40. The topological polar surface area (TPSA) is 75.3 Å². The van der Waals surface area contributed by atoms with E-state index in [2.05, 4.69) is 10.0 Å². The molecule has 0 radical (unpaired) electrons. The molecule has 2 aromatic rings. The summed E-state index contributed by atoms with van der Waals surface area (Å²) in [6, 6.07) is 15.2. The standard InChI is InChI=1S/C22H26N2O3S/c1-15(21-14-16-7-8-18(21)13-16)24-28(26,27)20-11-9-19(10-12-20)23-22(25)17-5-3-2-4-6-17/h2-6,9-12,15-16,18,21,24H,7-8,13-14H2,1H3,(H,23,25)/t15-,16+,18+,21+/m1/s1. The van der Waals surface area contributed by atoms with Gasteiger partial charge in [-0.05, 0) is 80.3 Å². The first-order valence-electron chi connectivity index (χ1n) is 9.91. The summed E-state index contributed by atoms with van der Waals surface area (Å²) in [6.07, 6.45) is 4.93. The first-order valence-corrected chi connectivity index (χ1v) is 11.4. The van der Waals surface area contributed by atoms with Crippen molar-refractivity contribution in [1.29, 1.82) is 0 Å². The molecule has 0 unspecified atom stereocenters. The van der Waals surface area contributed by atoms with Gasteiger partial charge in [-0.25, -0.2) is 13.1 Å². The number of nitrogens with one attached hydrogen (secondary N) is 2. The Bertz CT molecular complexity index is 942. The average molecular weight is 399 g/mol. The van der Waals surface area contributed by atoms with Crippen molar-refractivity contribution < 1.29 is 13.2 Å². The van der Waals surface area contributed by atoms with Crippen LogP contribution in [0.25, 0.3) is 0 Å². The molecule has 148 valence electrons. The third-order valence-corrected chi connectivity index (χ3v) is 7.81. The van der Waals surface area contributed by atoms with Crippen LogP contribution in [-0.2, 0) is 10.0 Å². The predicted molar refractivity (Wildman–Crippen MR) is 110 cm³/mol. The van der Waals surface area contributed by atoms with Gasteiger partial charge in [-0.3, -0.25) is 4.79 Å². The molecule has 6 heteroatoms. The molecule has 0 heterocycles. The summed E-state index contributed by atoms with van der Waals surface area (Å²) >= 11 is 0. The molecule has 0 aliphatic heterocycles. The zero-order valence-corrected chi connectivity index (χ0v) is 16.8. The number of benzene rings is 2. The van der Waals surface area contributed by atoms with Crippen molar-refractivity contribution in [3.05, 3.63) is 60.2 Å². The number of hydrogen-bond donors (Lipinski definition) is 2. The van der Waals surface area contributed by atoms with Crippen LogP contribution in [0.3, 0.4) is 0 Å². The van der Waals surface area contributed by atoms with Gasteiger partial charge < -0.3 is 5.32 Å². The fraction of sp³-hybridized carbons (Fsp3) is 0.409. The van der Waals surface area contributed by atoms with Crippen molar-refractivity contribution in [2.75, 3.05) is 5.32 Å². The van der Waals surface area contributed by atoms with E-state index in [0.717, 1.165) is 12.3 Å². The summed E-state index contributed by atoms with van der Waals surface area (Å²) in [6.45, 7) is 1.98. The molecule has 2 aliphatic rings. The fourth-order valence-corrected chi connectivity index (χ4v) is 6.11. The van der Waals surface area contributed by atoms with Crippen LogP contribution in [0.4, 0.5) is 5.69 Å². The van der Waals surface area contributed by atoms with E-state index in [0.29, 0.717) is 23.1 Å². The van der Waals surface area contributed by atoms with Gasteiger partial charge >= 0.3 is 0 Å². The molecule has 2 saturated carbocycles. The maximum atomic E-state index is 12.8. The van der Waals surface area contributed by atoms with Crippen molar-refractivity contribution in [3.8, 4) is 0 Å². The first-order chi connectivity index (χ1) is 13.4. The lowest BCUT2D eigenvalue weighted by molar-refractivity contribution is 0.102. The van der Waals surface area contributed by atoms with E-state index in [1.807, 2.05) is 13.0 Å². The molecule has 2 N–H and O–H groups in total. The van der Waals surface area contributed by atoms with E-state index in [-0.39, 0.29) is 16.8 Å². The molecule has 2 bridgehead atoms. The van der Waals surface area contributed by atoms with E-state index >= 15 is 0 Å². The zero-order chi connectivity index (χ0) is 19.7. The Morgan fingerprint density at radius 1 is 1.00 bits per heavy atom. The van der Waals surface area contributed by atoms with Gasteiger partial charge in [0.1, 0.15) is 0 Å². The molecule has 0 saturated heterocycles. The highest BCUT2D eigenvalue weighted by atomic mass is 32.2. The first kappa shape index (κ1) is 19.2. The van der Waals surface area contributed by atoms with Gasteiger partial charge in [-0.2, -0.15) is 0 Å². The van der Waals surface area contributed by atoms with Gasteiger partial charge in [0.25, 0.3) is 5.91 Å². The average Bonchev–Trinajstić information content (AvgIpc) is 3.32. The van der Waals surface area contributed by atoms with E-state index < -0.39 is 10.0 Å². The minimum Gasteiger partial charge on any atom is -0.322 e. The normalized spacial score (nSPS) is 24.8. The quantitative estimate of drug-likeness (QED) is 0.771. The van der Waals surface area contributed by atoms with E-state index in [1.165, 1.54) is 31.4 Å². The zero-order valence-electron chi connectivity index (χ0n) is 16.0. The van der Waals surface area contributed by atoms with Crippen LogP contribution in [0.2, 0.25) is 0 Å². The van der Waals surface area contributed by atoms with Crippen molar-refractivity contribution in [3.63, 3.8) is 0 Å². The largest absolute Gasteiger partial charge is 0.322 e. The summed E-state index contributed by atoms with van der Waals surface area (Å²) < 4.78 is 28.4. The number of anilines is 1. The monoisotopic (exact) mass is 398 g/mol. The second-order valence-electron chi connectivity index (χ2n) is 8.09. The van der Waals surface area contributed by atoms with Gasteiger partial charge in [0.05, 0.1) is 4.90 Å². The fourth-order valence-electron chi connectivity index (χ4n) is 4.82. The number of fused-ring (bicyclic) bond motifs is 2. The van der Waals surface area contributed by atoms with E-state index in [9.17, 15) is 13.2 Å². The van der Waals surface area contributed by atoms with Crippen LogP contribution in [0.1, 0.15) is 43.0 Å². The van der Waals surface area contributed by atoms with Gasteiger partial charge in [0.2, 0.25) is 10.0 Å². The van der Waals surface area contributed by atoms with Crippen LogP contribution < -0.4 is 10.0 Å². The molecular formula is C22H26N2O3S. The van der Waals surface area contributed by atoms with Crippen molar-refractivity contribution in [2.45, 2.75) is 43.5 Å². The van der Waals surface area contributed by atoms with Crippen molar-refractivity contribution in [1.82, 2.24) is 4.72 Å². The number of carbonyl (C=O) groups is 1. The molecule has 5 nitrogen and oxygen atoms in total. The second-order valence-corrected chi connectivity index (χ2v) is 9.81. The highest BCUT2D eigenvalue weighted by Crippen LogP contribution is 2.49. The molecule has 1 amide bonds. The maximum Gasteiger partial charge on any atom is 0.255 e. The molecule has 4 rings (SSSR count). The maximum absolute atomic E-state index is 12.8. The number of rotatable bonds is 6. The lowest BCUT2D eigenvalue weighted by Gasteiger charge is -2.28. The lowest BCUT2D eigenvalue weighted by atomic mass is 9.84. The molecular weight excluding hydrogens is 372 g/mol. The Morgan fingerprint density at radius 2 is 1.71 bits per heavy atom. The summed E-state index contributed by atoms with van der Waals surface area (Å²) in [4.78, 5) is 12.4.